The molecule has 3 N–H and O–H groups in total. The molecule has 0 saturated carbocycles. The van der Waals surface area contributed by atoms with E-state index in [0.29, 0.717) is 0 Å². The van der Waals surface area contributed by atoms with E-state index in [1.807, 2.05) is 30.3 Å². The van der Waals surface area contributed by atoms with E-state index in [2.05, 4.69) is 0 Å². The second-order valence-electron chi connectivity index (χ2n) is 5.38. The summed E-state index contributed by atoms with van der Waals surface area (Å²) < 4.78 is 0. The maximum Gasteiger partial charge on any atom is 0.408 e. The SMILES string of the molecule is N[C@H](c1ccccc1)C12CCC(CC1)N2C(=O)O. The van der Waals surface area contributed by atoms with Crippen LogP contribution in [0.15, 0.2) is 30.3 Å². The van der Waals surface area contributed by atoms with Crippen LogP contribution in [-0.4, -0.2) is 27.7 Å². The van der Waals surface area contributed by atoms with E-state index in [4.69, 9.17) is 5.73 Å². The van der Waals surface area contributed by atoms with Gasteiger partial charge in [0, 0.05) is 6.04 Å². The number of rotatable bonds is 2. The molecule has 1 amide bonds. The Morgan fingerprint density at radius 2 is 1.94 bits per heavy atom. The smallest absolute Gasteiger partial charge is 0.408 e. The lowest BCUT2D eigenvalue weighted by atomic mass is 9.79. The van der Waals surface area contributed by atoms with Gasteiger partial charge in [-0.25, -0.2) is 4.79 Å². The fourth-order valence-electron chi connectivity index (χ4n) is 3.74. The first-order chi connectivity index (χ1) is 8.65. The first kappa shape index (κ1) is 11.5. The molecule has 96 valence electrons. The maximum atomic E-state index is 11.5. The summed E-state index contributed by atoms with van der Waals surface area (Å²) in [7, 11) is 0. The third kappa shape index (κ3) is 1.45. The molecule has 3 rings (SSSR count). The van der Waals surface area contributed by atoms with Crippen LogP contribution in [0.3, 0.4) is 0 Å². The third-order valence-corrected chi connectivity index (χ3v) is 4.61. The highest BCUT2D eigenvalue weighted by atomic mass is 16.4. The molecule has 0 aromatic heterocycles. The first-order valence-corrected chi connectivity index (χ1v) is 6.48. The van der Waals surface area contributed by atoms with Gasteiger partial charge in [0.1, 0.15) is 0 Å². The molecule has 2 aliphatic rings. The van der Waals surface area contributed by atoms with Crippen LogP contribution in [0.2, 0.25) is 0 Å². The number of carboxylic acid groups (broad SMARTS) is 1. The number of fused-ring (bicyclic) bond motifs is 2. The van der Waals surface area contributed by atoms with E-state index in [9.17, 15) is 9.90 Å². The molecule has 4 nitrogen and oxygen atoms in total. The van der Waals surface area contributed by atoms with Gasteiger partial charge in [0.25, 0.3) is 0 Å². The van der Waals surface area contributed by atoms with Crippen molar-refractivity contribution in [1.82, 2.24) is 4.90 Å². The van der Waals surface area contributed by atoms with Gasteiger partial charge in [-0.05, 0) is 31.2 Å². The van der Waals surface area contributed by atoms with Crippen LogP contribution in [0, 0.1) is 0 Å². The predicted octanol–water partition coefficient (Wildman–Crippen LogP) is 2.36. The van der Waals surface area contributed by atoms with Gasteiger partial charge in [0.2, 0.25) is 0 Å². The first-order valence-electron chi connectivity index (χ1n) is 6.48. The molecule has 2 fully saturated rings. The molecule has 0 aliphatic carbocycles. The zero-order valence-corrected chi connectivity index (χ0v) is 10.2. The fraction of sp³-hybridized carbons (Fsp3) is 0.500. The Hall–Kier alpha value is -1.55. The van der Waals surface area contributed by atoms with Crippen LogP contribution in [0.5, 0.6) is 0 Å². The minimum atomic E-state index is -0.818. The van der Waals surface area contributed by atoms with Crippen molar-refractivity contribution in [2.24, 2.45) is 5.73 Å². The molecule has 0 radical (unpaired) electrons. The molecule has 2 heterocycles. The lowest BCUT2D eigenvalue weighted by Gasteiger charge is -2.38. The van der Waals surface area contributed by atoms with Crippen LogP contribution in [0.4, 0.5) is 4.79 Å². The van der Waals surface area contributed by atoms with Crippen molar-refractivity contribution < 1.29 is 9.90 Å². The molecule has 1 atom stereocenters. The van der Waals surface area contributed by atoms with Crippen molar-refractivity contribution in [2.45, 2.75) is 43.3 Å². The Kier molecular flexibility index (Phi) is 2.55. The van der Waals surface area contributed by atoms with Gasteiger partial charge >= 0.3 is 6.09 Å². The number of hydrogen-bond donors (Lipinski definition) is 2. The summed E-state index contributed by atoms with van der Waals surface area (Å²) in [6.07, 6.45) is 2.86. The van der Waals surface area contributed by atoms with Gasteiger partial charge in [0.05, 0.1) is 11.6 Å². The van der Waals surface area contributed by atoms with Crippen LogP contribution in [0.1, 0.15) is 37.3 Å². The lowest BCUT2D eigenvalue weighted by molar-refractivity contribution is 0.0953. The zero-order valence-electron chi connectivity index (χ0n) is 10.2. The number of hydrogen-bond acceptors (Lipinski definition) is 2. The molecular weight excluding hydrogens is 228 g/mol. The molecule has 18 heavy (non-hydrogen) atoms. The summed E-state index contributed by atoms with van der Waals surface area (Å²) in [6.45, 7) is 0. The number of amides is 1. The molecule has 0 unspecified atom stereocenters. The average molecular weight is 246 g/mol. The van der Waals surface area contributed by atoms with E-state index in [-0.39, 0.29) is 17.6 Å². The molecule has 0 spiro atoms. The lowest BCUT2D eigenvalue weighted by Crippen LogP contribution is -2.51. The normalized spacial score (nSPS) is 31.6. The molecular formula is C14H18N2O2. The molecule has 2 aliphatic heterocycles. The largest absolute Gasteiger partial charge is 0.465 e. The predicted molar refractivity (Wildman–Crippen MR) is 68.2 cm³/mol. The van der Waals surface area contributed by atoms with Crippen molar-refractivity contribution in [3.8, 4) is 0 Å². The molecule has 1 aromatic carbocycles. The van der Waals surface area contributed by atoms with Crippen molar-refractivity contribution in [3.05, 3.63) is 35.9 Å². The van der Waals surface area contributed by atoms with Crippen LogP contribution < -0.4 is 5.73 Å². The number of carbonyl (C=O) groups is 1. The van der Waals surface area contributed by atoms with Gasteiger partial charge in [-0.1, -0.05) is 30.3 Å². The van der Waals surface area contributed by atoms with Crippen LogP contribution >= 0.6 is 0 Å². The Morgan fingerprint density at radius 3 is 2.50 bits per heavy atom. The van der Waals surface area contributed by atoms with E-state index in [1.54, 1.807) is 4.90 Å². The van der Waals surface area contributed by atoms with E-state index >= 15 is 0 Å². The standard InChI is InChI=1S/C14H18N2O2/c15-12(10-4-2-1-3-5-10)14-8-6-11(7-9-14)16(14)13(17)18/h1-5,11-12H,6-9,15H2,(H,17,18)/t11?,12-,14?/m1/s1. The Morgan fingerprint density at radius 1 is 1.33 bits per heavy atom. The van der Waals surface area contributed by atoms with Gasteiger partial charge in [-0.2, -0.15) is 0 Å². The highest BCUT2D eigenvalue weighted by Gasteiger charge is 2.57. The number of nitrogens with zero attached hydrogens (tertiary/aromatic N) is 1. The summed E-state index contributed by atoms with van der Waals surface area (Å²) in [5, 5.41) is 9.43. The van der Waals surface area contributed by atoms with Gasteiger partial charge in [-0.3, -0.25) is 4.90 Å². The monoisotopic (exact) mass is 246 g/mol. The highest BCUT2D eigenvalue weighted by molar-refractivity contribution is 5.68. The van der Waals surface area contributed by atoms with Crippen LogP contribution in [0.25, 0.3) is 0 Å². The maximum absolute atomic E-state index is 11.5. The second-order valence-corrected chi connectivity index (χ2v) is 5.38. The number of nitrogens with two attached hydrogens (primary N) is 1. The summed E-state index contributed by atoms with van der Waals surface area (Å²) >= 11 is 0. The Balaban J connectivity index is 1.97. The Labute approximate surface area is 106 Å². The summed E-state index contributed by atoms with van der Waals surface area (Å²) in [6, 6.07) is 9.81. The summed E-state index contributed by atoms with van der Waals surface area (Å²) in [4.78, 5) is 13.1. The van der Waals surface area contributed by atoms with Crippen molar-refractivity contribution in [3.63, 3.8) is 0 Å². The van der Waals surface area contributed by atoms with Gasteiger partial charge < -0.3 is 10.8 Å². The van der Waals surface area contributed by atoms with E-state index in [1.165, 1.54) is 0 Å². The van der Waals surface area contributed by atoms with E-state index in [0.717, 1.165) is 31.2 Å². The average Bonchev–Trinajstić information content (AvgIpc) is 2.95. The molecule has 1 aromatic rings. The zero-order chi connectivity index (χ0) is 12.8. The molecule has 4 heteroatoms. The Bertz CT molecular complexity index is 452. The second kappa shape index (κ2) is 3.99. The van der Waals surface area contributed by atoms with Gasteiger partial charge in [0.15, 0.2) is 0 Å². The van der Waals surface area contributed by atoms with Crippen molar-refractivity contribution in [1.29, 1.82) is 0 Å². The third-order valence-electron chi connectivity index (χ3n) is 4.61. The molecule has 2 bridgehead atoms. The molecule has 2 saturated heterocycles. The number of benzene rings is 1. The minimum absolute atomic E-state index is 0.178. The highest BCUT2D eigenvalue weighted by Crippen LogP contribution is 2.51. The summed E-state index contributed by atoms with van der Waals surface area (Å²) in [5.41, 5.74) is 7.05. The van der Waals surface area contributed by atoms with Crippen LogP contribution in [-0.2, 0) is 0 Å². The van der Waals surface area contributed by atoms with Crippen molar-refractivity contribution >= 4 is 6.09 Å². The van der Waals surface area contributed by atoms with E-state index < -0.39 is 6.09 Å². The minimum Gasteiger partial charge on any atom is -0.465 e. The fourth-order valence-corrected chi connectivity index (χ4v) is 3.74. The topological polar surface area (TPSA) is 66.6 Å². The van der Waals surface area contributed by atoms with Gasteiger partial charge in [-0.15, -0.1) is 0 Å². The summed E-state index contributed by atoms with van der Waals surface area (Å²) in [5.74, 6) is 0. The quantitative estimate of drug-likeness (QED) is 0.841. The van der Waals surface area contributed by atoms with Crippen molar-refractivity contribution in [2.75, 3.05) is 0 Å².